The van der Waals surface area contributed by atoms with E-state index in [0.29, 0.717) is 18.1 Å². The third-order valence-electron chi connectivity index (χ3n) is 4.34. The van der Waals surface area contributed by atoms with E-state index in [1.54, 1.807) is 0 Å². The smallest absolute Gasteiger partial charge is 0.258 e. The highest BCUT2D eigenvalue weighted by Crippen LogP contribution is 2.23. The summed E-state index contributed by atoms with van der Waals surface area (Å²) in [5, 5.41) is 5.97. The molecular weight excluding hydrogens is 364 g/mol. The number of aromatic nitrogens is 2. The number of hydrogen-bond acceptors (Lipinski definition) is 5. The summed E-state index contributed by atoms with van der Waals surface area (Å²) >= 11 is 0. The fourth-order valence-electron chi connectivity index (χ4n) is 2.70. The molecule has 2 N–H and O–H groups in total. The van der Waals surface area contributed by atoms with Crippen molar-refractivity contribution in [1.82, 2.24) is 9.97 Å². The van der Waals surface area contributed by atoms with Crippen molar-refractivity contribution < 1.29 is 9.53 Å². The quantitative estimate of drug-likeness (QED) is 0.607. The van der Waals surface area contributed by atoms with Crippen LogP contribution in [0.3, 0.4) is 0 Å². The Kier molecular flexibility index (Phi) is 6.12. The minimum Gasteiger partial charge on any atom is -0.494 e. The first kappa shape index (κ1) is 20.3. The summed E-state index contributed by atoms with van der Waals surface area (Å²) < 4.78 is 5.42. The monoisotopic (exact) mass is 390 g/mol. The molecule has 150 valence electrons. The molecule has 0 aliphatic heterocycles. The zero-order valence-corrected chi connectivity index (χ0v) is 17.2. The van der Waals surface area contributed by atoms with E-state index in [1.165, 1.54) is 18.0 Å². The van der Waals surface area contributed by atoms with Gasteiger partial charge in [-0.1, -0.05) is 32.9 Å². The molecule has 0 radical (unpaired) electrons. The number of carbonyl (C=O) groups excluding carboxylic acids is 1. The molecule has 2 aromatic carbocycles. The standard InChI is InChI=1S/C23H26N4O2/c1-5-29-20-12-10-19(11-13-20)27-22-24-14-16(15-25-22)21(28)26-18-8-6-17(7-9-18)23(2,3)4/h6-15H,5H2,1-4H3,(H,26,28)(H,24,25,27). The highest BCUT2D eigenvalue weighted by molar-refractivity contribution is 6.03. The van der Waals surface area contributed by atoms with Crippen LogP contribution in [0, 0.1) is 0 Å². The van der Waals surface area contributed by atoms with Gasteiger partial charge in [-0.2, -0.15) is 0 Å². The molecule has 6 nitrogen and oxygen atoms in total. The second-order valence-electron chi connectivity index (χ2n) is 7.66. The fraction of sp³-hybridized carbons (Fsp3) is 0.261. The Hall–Kier alpha value is -3.41. The molecular formula is C23H26N4O2. The van der Waals surface area contributed by atoms with Crippen LogP contribution in [0.4, 0.5) is 17.3 Å². The first-order chi connectivity index (χ1) is 13.8. The van der Waals surface area contributed by atoms with Crippen molar-refractivity contribution in [1.29, 1.82) is 0 Å². The molecule has 1 heterocycles. The molecule has 3 rings (SSSR count). The molecule has 0 atom stereocenters. The Labute approximate surface area is 171 Å². The molecule has 0 aliphatic carbocycles. The minimum absolute atomic E-state index is 0.0720. The van der Waals surface area contributed by atoms with E-state index in [0.717, 1.165) is 17.1 Å². The number of benzene rings is 2. The van der Waals surface area contributed by atoms with Crippen molar-refractivity contribution >= 4 is 23.2 Å². The van der Waals surface area contributed by atoms with Crippen LogP contribution in [0.25, 0.3) is 0 Å². The van der Waals surface area contributed by atoms with Gasteiger partial charge in [0.15, 0.2) is 0 Å². The maximum Gasteiger partial charge on any atom is 0.258 e. The number of nitrogens with one attached hydrogen (secondary N) is 2. The molecule has 1 aromatic heterocycles. The Morgan fingerprint density at radius 2 is 1.52 bits per heavy atom. The van der Waals surface area contributed by atoms with Crippen LogP contribution in [0.5, 0.6) is 5.75 Å². The predicted molar refractivity (Wildman–Crippen MR) is 116 cm³/mol. The molecule has 29 heavy (non-hydrogen) atoms. The van der Waals surface area contributed by atoms with Crippen LogP contribution >= 0.6 is 0 Å². The summed E-state index contributed by atoms with van der Waals surface area (Å²) in [7, 11) is 0. The lowest BCUT2D eigenvalue weighted by Gasteiger charge is -2.19. The van der Waals surface area contributed by atoms with Gasteiger partial charge in [0.1, 0.15) is 5.75 Å². The van der Waals surface area contributed by atoms with Crippen LogP contribution < -0.4 is 15.4 Å². The Bertz CT molecular complexity index is 944. The molecule has 1 amide bonds. The summed E-state index contributed by atoms with van der Waals surface area (Å²) in [6, 6.07) is 15.4. The van der Waals surface area contributed by atoms with Gasteiger partial charge in [-0.15, -0.1) is 0 Å². The van der Waals surface area contributed by atoms with Gasteiger partial charge in [-0.3, -0.25) is 4.79 Å². The van der Waals surface area contributed by atoms with Crippen LogP contribution in [0.1, 0.15) is 43.6 Å². The van der Waals surface area contributed by atoms with E-state index in [2.05, 4.69) is 41.4 Å². The van der Waals surface area contributed by atoms with Crippen molar-refractivity contribution in [2.24, 2.45) is 0 Å². The second-order valence-corrected chi connectivity index (χ2v) is 7.66. The molecule has 0 saturated carbocycles. The van der Waals surface area contributed by atoms with E-state index >= 15 is 0 Å². The van der Waals surface area contributed by atoms with Crippen molar-refractivity contribution in [3.8, 4) is 5.75 Å². The lowest BCUT2D eigenvalue weighted by molar-refractivity contribution is 0.102. The first-order valence-electron chi connectivity index (χ1n) is 9.59. The number of rotatable bonds is 6. The van der Waals surface area contributed by atoms with E-state index < -0.39 is 0 Å². The largest absolute Gasteiger partial charge is 0.494 e. The normalized spacial score (nSPS) is 11.0. The average Bonchev–Trinajstić information content (AvgIpc) is 2.70. The summed E-state index contributed by atoms with van der Waals surface area (Å²) in [6.07, 6.45) is 3.01. The van der Waals surface area contributed by atoms with Crippen molar-refractivity contribution in [3.63, 3.8) is 0 Å². The van der Waals surface area contributed by atoms with E-state index in [-0.39, 0.29) is 11.3 Å². The summed E-state index contributed by atoms with van der Waals surface area (Å²) in [5.41, 5.74) is 3.25. The number of amides is 1. The van der Waals surface area contributed by atoms with Crippen LogP contribution in [0.2, 0.25) is 0 Å². The van der Waals surface area contributed by atoms with Crippen LogP contribution in [0.15, 0.2) is 60.9 Å². The Morgan fingerprint density at radius 1 is 0.931 bits per heavy atom. The third kappa shape index (κ3) is 5.54. The highest BCUT2D eigenvalue weighted by Gasteiger charge is 2.14. The van der Waals surface area contributed by atoms with Gasteiger partial charge in [0.2, 0.25) is 5.95 Å². The van der Waals surface area contributed by atoms with Gasteiger partial charge in [-0.05, 0) is 54.3 Å². The van der Waals surface area contributed by atoms with E-state index in [1.807, 2.05) is 55.5 Å². The maximum absolute atomic E-state index is 12.4. The number of anilines is 3. The molecule has 6 heteroatoms. The lowest BCUT2D eigenvalue weighted by atomic mass is 9.87. The number of hydrogen-bond donors (Lipinski definition) is 2. The third-order valence-corrected chi connectivity index (χ3v) is 4.34. The topological polar surface area (TPSA) is 76.1 Å². The van der Waals surface area contributed by atoms with Gasteiger partial charge >= 0.3 is 0 Å². The van der Waals surface area contributed by atoms with Gasteiger partial charge in [0.05, 0.1) is 12.2 Å². The Balaban J connectivity index is 1.61. The molecule has 3 aromatic rings. The zero-order valence-electron chi connectivity index (χ0n) is 17.2. The summed E-state index contributed by atoms with van der Waals surface area (Å²) in [6.45, 7) is 9.03. The molecule has 0 saturated heterocycles. The van der Waals surface area contributed by atoms with Gasteiger partial charge < -0.3 is 15.4 Å². The van der Waals surface area contributed by atoms with Crippen molar-refractivity contribution in [2.75, 3.05) is 17.2 Å². The second kappa shape index (κ2) is 8.73. The number of nitrogens with zero attached hydrogens (tertiary/aromatic N) is 2. The van der Waals surface area contributed by atoms with Crippen molar-refractivity contribution in [2.45, 2.75) is 33.1 Å². The molecule has 0 bridgehead atoms. The number of carbonyl (C=O) groups is 1. The summed E-state index contributed by atoms with van der Waals surface area (Å²) in [5.74, 6) is 0.975. The molecule has 0 fully saturated rings. The van der Waals surface area contributed by atoms with Crippen molar-refractivity contribution in [3.05, 3.63) is 72.1 Å². The lowest BCUT2D eigenvalue weighted by Crippen LogP contribution is -2.14. The average molecular weight is 390 g/mol. The molecule has 0 aliphatic rings. The minimum atomic E-state index is -0.249. The maximum atomic E-state index is 12.4. The zero-order chi connectivity index (χ0) is 20.9. The summed E-state index contributed by atoms with van der Waals surface area (Å²) in [4.78, 5) is 20.9. The molecule has 0 unspecified atom stereocenters. The van der Waals surface area contributed by atoms with Gasteiger partial charge in [0, 0.05) is 23.8 Å². The fourth-order valence-corrected chi connectivity index (χ4v) is 2.70. The predicted octanol–water partition coefficient (Wildman–Crippen LogP) is 5.17. The molecule has 0 spiro atoms. The highest BCUT2D eigenvalue weighted by atomic mass is 16.5. The SMILES string of the molecule is CCOc1ccc(Nc2ncc(C(=O)Nc3ccc(C(C)(C)C)cc3)cn2)cc1. The Morgan fingerprint density at radius 3 is 2.07 bits per heavy atom. The van der Waals surface area contributed by atoms with E-state index in [4.69, 9.17) is 4.74 Å². The number of ether oxygens (including phenoxy) is 1. The van der Waals surface area contributed by atoms with Crippen LogP contribution in [-0.4, -0.2) is 22.5 Å². The van der Waals surface area contributed by atoms with Gasteiger partial charge in [0.25, 0.3) is 5.91 Å². The first-order valence-corrected chi connectivity index (χ1v) is 9.59. The van der Waals surface area contributed by atoms with Gasteiger partial charge in [-0.25, -0.2) is 9.97 Å². The van der Waals surface area contributed by atoms with E-state index in [9.17, 15) is 4.79 Å². The van der Waals surface area contributed by atoms with Crippen LogP contribution in [-0.2, 0) is 5.41 Å².